The third kappa shape index (κ3) is 3.05. The van der Waals surface area contributed by atoms with E-state index in [1.807, 2.05) is 34.7 Å². The largest absolute Gasteiger partial charge is 0.317 e. The molecular formula is C14H18ClN5O. The summed E-state index contributed by atoms with van der Waals surface area (Å²) in [5, 5.41) is 7.32. The van der Waals surface area contributed by atoms with Crippen molar-refractivity contribution < 1.29 is 4.79 Å². The molecule has 2 aromatic heterocycles. The zero-order valence-electron chi connectivity index (χ0n) is 12.7. The SMILES string of the molecule is Cc1nn(C)c(C)c1NC(=O)c1nc(C(C)C)ncc1Cl. The van der Waals surface area contributed by atoms with Crippen LogP contribution in [0.25, 0.3) is 0 Å². The maximum Gasteiger partial charge on any atom is 0.276 e. The van der Waals surface area contributed by atoms with Crippen molar-refractivity contribution in [3.8, 4) is 0 Å². The van der Waals surface area contributed by atoms with Crippen LogP contribution < -0.4 is 5.32 Å². The molecule has 0 fully saturated rings. The summed E-state index contributed by atoms with van der Waals surface area (Å²) >= 11 is 6.04. The van der Waals surface area contributed by atoms with E-state index in [9.17, 15) is 4.79 Å². The first kappa shape index (κ1) is 15.4. The van der Waals surface area contributed by atoms with Gasteiger partial charge in [0.2, 0.25) is 0 Å². The molecule has 0 atom stereocenters. The van der Waals surface area contributed by atoms with Crippen LogP contribution in [0.2, 0.25) is 5.02 Å². The van der Waals surface area contributed by atoms with Crippen molar-refractivity contribution in [1.29, 1.82) is 0 Å². The molecule has 0 spiro atoms. The van der Waals surface area contributed by atoms with Crippen LogP contribution in [-0.2, 0) is 7.05 Å². The van der Waals surface area contributed by atoms with Crippen LogP contribution >= 0.6 is 11.6 Å². The third-order valence-corrected chi connectivity index (χ3v) is 3.52. The Morgan fingerprint density at radius 2 is 2.05 bits per heavy atom. The number of anilines is 1. The van der Waals surface area contributed by atoms with Crippen LogP contribution in [0.3, 0.4) is 0 Å². The van der Waals surface area contributed by atoms with Crippen molar-refractivity contribution in [2.24, 2.45) is 7.05 Å². The van der Waals surface area contributed by atoms with E-state index < -0.39 is 0 Å². The average molecular weight is 308 g/mol. The lowest BCUT2D eigenvalue weighted by Crippen LogP contribution is -2.17. The van der Waals surface area contributed by atoms with Gasteiger partial charge in [-0.05, 0) is 13.8 Å². The highest BCUT2D eigenvalue weighted by atomic mass is 35.5. The molecule has 1 N–H and O–H groups in total. The molecule has 0 aliphatic rings. The molecule has 0 bridgehead atoms. The first-order valence-corrected chi connectivity index (χ1v) is 7.03. The molecule has 2 aromatic rings. The van der Waals surface area contributed by atoms with E-state index in [0.29, 0.717) is 11.5 Å². The predicted octanol–water partition coefficient (Wildman–Crippen LogP) is 2.86. The second-order valence-electron chi connectivity index (χ2n) is 5.20. The number of carbonyl (C=O) groups excluding carboxylic acids is 1. The molecule has 0 aliphatic carbocycles. The Morgan fingerprint density at radius 1 is 1.38 bits per heavy atom. The number of halogens is 1. The number of rotatable bonds is 3. The minimum atomic E-state index is -0.358. The fourth-order valence-electron chi connectivity index (χ4n) is 1.95. The quantitative estimate of drug-likeness (QED) is 0.946. The van der Waals surface area contributed by atoms with Crippen molar-refractivity contribution in [1.82, 2.24) is 19.7 Å². The Hall–Kier alpha value is -1.95. The Morgan fingerprint density at radius 3 is 2.57 bits per heavy atom. The molecule has 0 aromatic carbocycles. The highest BCUT2D eigenvalue weighted by molar-refractivity contribution is 6.33. The molecule has 0 saturated heterocycles. The number of hydrogen-bond donors (Lipinski definition) is 1. The number of nitrogens with one attached hydrogen (secondary N) is 1. The van der Waals surface area contributed by atoms with Crippen molar-refractivity contribution in [3.05, 3.63) is 34.1 Å². The Labute approximate surface area is 128 Å². The van der Waals surface area contributed by atoms with Gasteiger partial charge in [0.1, 0.15) is 5.82 Å². The van der Waals surface area contributed by atoms with E-state index >= 15 is 0 Å². The molecule has 0 unspecified atom stereocenters. The molecule has 0 saturated carbocycles. The molecule has 112 valence electrons. The van der Waals surface area contributed by atoms with E-state index in [1.54, 1.807) is 4.68 Å². The third-order valence-electron chi connectivity index (χ3n) is 3.24. The van der Waals surface area contributed by atoms with Gasteiger partial charge in [0.15, 0.2) is 5.69 Å². The topological polar surface area (TPSA) is 72.7 Å². The molecule has 7 heteroatoms. The van der Waals surface area contributed by atoms with Gasteiger partial charge in [-0.15, -0.1) is 0 Å². The highest BCUT2D eigenvalue weighted by Gasteiger charge is 2.18. The number of amides is 1. The summed E-state index contributed by atoms with van der Waals surface area (Å²) < 4.78 is 1.71. The summed E-state index contributed by atoms with van der Waals surface area (Å²) in [5.74, 6) is 0.350. The van der Waals surface area contributed by atoms with Gasteiger partial charge in [-0.1, -0.05) is 25.4 Å². The molecule has 0 radical (unpaired) electrons. The van der Waals surface area contributed by atoms with Crippen LogP contribution in [0.15, 0.2) is 6.20 Å². The minimum Gasteiger partial charge on any atom is -0.317 e. The van der Waals surface area contributed by atoms with E-state index in [-0.39, 0.29) is 22.5 Å². The van der Waals surface area contributed by atoms with Gasteiger partial charge >= 0.3 is 0 Å². The number of nitrogens with zero attached hydrogens (tertiary/aromatic N) is 4. The fraction of sp³-hybridized carbons (Fsp3) is 0.429. The summed E-state index contributed by atoms with van der Waals surface area (Å²) in [4.78, 5) is 20.8. The molecule has 2 heterocycles. The Kier molecular flexibility index (Phi) is 4.27. The van der Waals surface area contributed by atoms with Crippen molar-refractivity contribution in [3.63, 3.8) is 0 Å². The van der Waals surface area contributed by atoms with Gasteiger partial charge in [0, 0.05) is 13.0 Å². The lowest BCUT2D eigenvalue weighted by molar-refractivity contribution is 0.102. The number of aromatic nitrogens is 4. The first-order chi connectivity index (χ1) is 9.81. The summed E-state index contributed by atoms with van der Waals surface area (Å²) in [6.45, 7) is 7.64. The fourth-order valence-corrected chi connectivity index (χ4v) is 2.12. The molecule has 6 nitrogen and oxygen atoms in total. The summed E-state index contributed by atoms with van der Waals surface area (Å²) in [6.07, 6.45) is 1.46. The lowest BCUT2D eigenvalue weighted by Gasteiger charge is -2.09. The maximum atomic E-state index is 12.4. The van der Waals surface area contributed by atoms with Gasteiger partial charge in [0.05, 0.1) is 28.3 Å². The van der Waals surface area contributed by atoms with Crippen LogP contribution in [0.5, 0.6) is 0 Å². The lowest BCUT2D eigenvalue weighted by atomic mass is 10.2. The van der Waals surface area contributed by atoms with Crippen LogP contribution in [0, 0.1) is 13.8 Å². The van der Waals surface area contributed by atoms with Crippen LogP contribution in [0.4, 0.5) is 5.69 Å². The maximum absolute atomic E-state index is 12.4. The smallest absolute Gasteiger partial charge is 0.276 e. The predicted molar refractivity (Wildman–Crippen MR) is 81.8 cm³/mol. The monoisotopic (exact) mass is 307 g/mol. The van der Waals surface area contributed by atoms with Gasteiger partial charge in [-0.25, -0.2) is 9.97 Å². The van der Waals surface area contributed by atoms with Gasteiger partial charge in [-0.2, -0.15) is 5.10 Å². The van der Waals surface area contributed by atoms with E-state index in [4.69, 9.17) is 11.6 Å². The normalized spacial score (nSPS) is 11.0. The standard InChI is InChI=1S/C14H18ClN5O/c1-7(2)13-16-6-10(15)12(17-13)14(21)18-11-8(3)19-20(5)9(11)4/h6-7H,1-5H3,(H,18,21). The first-order valence-electron chi connectivity index (χ1n) is 6.65. The second kappa shape index (κ2) is 5.81. The number of carbonyl (C=O) groups is 1. The van der Waals surface area contributed by atoms with Crippen molar-refractivity contribution in [2.45, 2.75) is 33.6 Å². The van der Waals surface area contributed by atoms with Gasteiger partial charge in [-0.3, -0.25) is 9.48 Å². The van der Waals surface area contributed by atoms with Crippen molar-refractivity contribution in [2.75, 3.05) is 5.32 Å². The molecule has 1 amide bonds. The minimum absolute atomic E-state index is 0.121. The van der Waals surface area contributed by atoms with Crippen LogP contribution in [-0.4, -0.2) is 25.7 Å². The Balaban J connectivity index is 2.34. The molecule has 21 heavy (non-hydrogen) atoms. The van der Waals surface area contributed by atoms with E-state index in [2.05, 4.69) is 20.4 Å². The van der Waals surface area contributed by atoms with E-state index in [1.165, 1.54) is 6.20 Å². The summed E-state index contributed by atoms with van der Waals surface area (Å²) in [5.41, 5.74) is 2.48. The molecular weight excluding hydrogens is 290 g/mol. The average Bonchev–Trinajstić information content (AvgIpc) is 2.65. The number of hydrogen-bond acceptors (Lipinski definition) is 4. The second-order valence-corrected chi connectivity index (χ2v) is 5.61. The van der Waals surface area contributed by atoms with Crippen LogP contribution in [0.1, 0.15) is 47.5 Å². The van der Waals surface area contributed by atoms with Crippen molar-refractivity contribution >= 4 is 23.2 Å². The summed E-state index contributed by atoms with van der Waals surface area (Å²) in [7, 11) is 1.83. The molecule has 0 aliphatic heterocycles. The highest BCUT2D eigenvalue weighted by Crippen LogP contribution is 2.21. The zero-order chi connectivity index (χ0) is 15.7. The Bertz CT molecular complexity index is 693. The number of aryl methyl sites for hydroxylation is 2. The van der Waals surface area contributed by atoms with E-state index in [0.717, 1.165) is 11.4 Å². The molecule has 2 rings (SSSR count). The summed E-state index contributed by atoms with van der Waals surface area (Å²) in [6, 6.07) is 0. The van der Waals surface area contributed by atoms with Gasteiger partial charge < -0.3 is 5.32 Å². The van der Waals surface area contributed by atoms with Gasteiger partial charge in [0.25, 0.3) is 5.91 Å². The zero-order valence-corrected chi connectivity index (χ0v) is 13.5.